The van der Waals surface area contributed by atoms with E-state index in [1.165, 1.54) is 19.3 Å². The maximum Gasteiger partial charge on any atom is 0.148 e. The third-order valence-corrected chi connectivity index (χ3v) is 5.64. The van der Waals surface area contributed by atoms with E-state index in [-0.39, 0.29) is 0 Å². The minimum atomic E-state index is 0.455. The van der Waals surface area contributed by atoms with Gasteiger partial charge >= 0.3 is 0 Å². The Morgan fingerprint density at radius 3 is 2.95 bits per heavy atom. The molecule has 4 rings (SSSR count). The van der Waals surface area contributed by atoms with Crippen LogP contribution in [-0.4, -0.2) is 23.0 Å². The van der Waals surface area contributed by atoms with Crippen LogP contribution in [0.3, 0.4) is 0 Å². The molecule has 0 amide bonds. The van der Waals surface area contributed by atoms with E-state index in [1.807, 2.05) is 18.4 Å². The maximum atomic E-state index is 4.23. The summed E-state index contributed by atoms with van der Waals surface area (Å²) in [7, 11) is 0. The van der Waals surface area contributed by atoms with Crippen molar-refractivity contribution in [3.8, 4) is 0 Å². The van der Waals surface area contributed by atoms with Crippen LogP contribution in [0, 0.1) is 5.92 Å². The molecule has 3 nitrogen and oxygen atoms in total. The third kappa shape index (κ3) is 2.22. The van der Waals surface area contributed by atoms with Crippen molar-refractivity contribution in [2.45, 2.75) is 29.7 Å². The Bertz CT molecular complexity index is 655. The molecule has 108 valence electrons. The lowest BCUT2D eigenvalue weighted by molar-refractivity contribution is 0.609. The summed E-state index contributed by atoms with van der Waals surface area (Å²) in [5.74, 6) is 1.63. The average Bonchev–Trinajstić information content (AvgIpc) is 3.13. The summed E-state index contributed by atoms with van der Waals surface area (Å²) in [6.07, 6.45) is 5.89. The van der Waals surface area contributed by atoms with Gasteiger partial charge in [0.1, 0.15) is 10.8 Å². The SMILES string of the molecule is CSc1ccc(NC[C@@H]2C[C@]23CCc2ccccc23)nn1. The molecule has 0 bridgehead atoms. The normalized spacial score (nSPS) is 25.9. The molecule has 1 heterocycles. The summed E-state index contributed by atoms with van der Waals surface area (Å²) >= 11 is 1.62. The first-order valence-electron chi connectivity index (χ1n) is 7.52. The number of thioether (sulfide) groups is 1. The lowest BCUT2D eigenvalue weighted by Crippen LogP contribution is -2.13. The van der Waals surface area contributed by atoms with Gasteiger partial charge in [-0.2, -0.15) is 0 Å². The number of hydrogen-bond donors (Lipinski definition) is 1. The Hall–Kier alpha value is -1.55. The van der Waals surface area contributed by atoms with Gasteiger partial charge in [-0.25, -0.2) is 0 Å². The number of nitrogens with one attached hydrogen (secondary N) is 1. The van der Waals surface area contributed by atoms with Crippen LogP contribution in [0.25, 0.3) is 0 Å². The highest BCUT2D eigenvalue weighted by Crippen LogP contribution is 2.61. The molecule has 0 saturated heterocycles. The molecule has 2 aliphatic rings. The molecule has 1 fully saturated rings. The molecule has 2 atom stereocenters. The van der Waals surface area contributed by atoms with Crippen molar-refractivity contribution in [1.82, 2.24) is 10.2 Å². The van der Waals surface area contributed by atoms with E-state index in [1.54, 1.807) is 22.9 Å². The van der Waals surface area contributed by atoms with Crippen LogP contribution in [0.1, 0.15) is 24.0 Å². The Balaban J connectivity index is 1.42. The highest BCUT2D eigenvalue weighted by Gasteiger charge is 2.57. The lowest BCUT2D eigenvalue weighted by Gasteiger charge is -2.12. The molecule has 1 N–H and O–H groups in total. The van der Waals surface area contributed by atoms with Crippen molar-refractivity contribution < 1.29 is 0 Å². The van der Waals surface area contributed by atoms with Gasteiger partial charge in [0.15, 0.2) is 0 Å². The first-order chi connectivity index (χ1) is 10.3. The van der Waals surface area contributed by atoms with E-state index in [0.717, 1.165) is 23.3 Å². The van der Waals surface area contributed by atoms with Crippen LogP contribution in [0.5, 0.6) is 0 Å². The monoisotopic (exact) mass is 297 g/mol. The summed E-state index contributed by atoms with van der Waals surface area (Å²) in [6, 6.07) is 13.0. The second kappa shape index (κ2) is 5.02. The Morgan fingerprint density at radius 2 is 2.14 bits per heavy atom. The van der Waals surface area contributed by atoms with E-state index >= 15 is 0 Å². The zero-order valence-corrected chi connectivity index (χ0v) is 13.0. The predicted octanol–water partition coefficient (Wildman–Crippen LogP) is 3.51. The molecule has 0 radical (unpaired) electrons. The van der Waals surface area contributed by atoms with E-state index in [9.17, 15) is 0 Å². The van der Waals surface area contributed by atoms with Crippen LogP contribution < -0.4 is 5.32 Å². The van der Waals surface area contributed by atoms with Crippen molar-refractivity contribution in [3.63, 3.8) is 0 Å². The quantitative estimate of drug-likeness (QED) is 0.876. The molecule has 1 aromatic heterocycles. The van der Waals surface area contributed by atoms with Gasteiger partial charge in [-0.3, -0.25) is 0 Å². The van der Waals surface area contributed by atoms with Gasteiger partial charge in [0.05, 0.1) is 0 Å². The van der Waals surface area contributed by atoms with Gasteiger partial charge in [0.2, 0.25) is 0 Å². The van der Waals surface area contributed by atoms with Crippen molar-refractivity contribution in [3.05, 3.63) is 47.5 Å². The standard InChI is InChI=1S/C17H19N3S/c1-21-16-7-6-15(19-20-16)18-11-13-10-17(13)9-8-12-4-2-3-5-14(12)17/h2-7,13H,8-11H2,1H3,(H,18,19)/t13-,17+/m0/s1. The largest absolute Gasteiger partial charge is 0.368 e. The summed E-state index contributed by atoms with van der Waals surface area (Å²) < 4.78 is 0. The smallest absolute Gasteiger partial charge is 0.148 e. The highest BCUT2D eigenvalue weighted by molar-refractivity contribution is 7.98. The predicted molar refractivity (Wildman–Crippen MR) is 86.9 cm³/mol. The molecular formula is C17H19N3S. The van der Waals surface area contributed by atoms with Crippen molar-refractivity contribution in [1.29, 1.82) is 0 Å². The van der Waals surface area contributed by atoms with Gasteiger partial charge in [-0.05, 0) is 54.7 Å². The van der Waals surface area contributed by atoms with Gasteiger partial charge in [-0.1, -0.05) is 24.3 Å². The molecule has 2 aliphatic carbocycles. The first kappa shape index (κ1) is 13.1. The number of aryl methyl sites for hydroxylation is 1. The van der Waals surface area contributed by atoms with E-state index in [2.05, 4.69) is 39.8 Å². The Morgan fingerprint density at radius 1 is 1.24 bits per heavy atom. The molecule has 21 heavy (non-hydrogen) atoms. The lowest BCUT2D eigenvalue weighted by atomic mass is 9.95. The molecule has 1 saturated carbocycles. The highest BCUT2D eigenvalue weighted by atomic mass is 32.2. The summed E-state index contributed by atoms with van der Waals surface area (Å²) in [4.78, 5) is 0. The number of rotatable bonds is 4. The fourth-order valence-electron chi connectivity index (χ4n) is 3.75. The second-order valence-electron chi connectivity index (χ2n) is 6.06. The molecule has 2 aromatic rings. The molecule has 1 aromatic carbocycles. The molecular weight excluding hydrogens is 278 g/mol. The zero-order chi connectivity index (χ0) is 14.3. The minimum Gasteiger partial charge on any atom is -0.368 e. The third-order valence-electron chi connectivity index (χ3n) is 5.01. The number of nitrogens with zero attached hydrogens (tertiary/aromatic N) is 2. The van der Waals surface area contributed by atoms with Crippen LogP contribution in [0.15, 0.2) is 41.4 Å². The molecule has 0 aliphatic heterocycles. The first-order valence-corrected chi connectivity index (χ1v) is 8.74. The van der Waals surface area contributed by atoms with E-state index in [0.29, 0.717) is 5.41 Å². The van der Waals surface area contributed by atoms with Crippen molar-refractivity contribution in [2.24, 2.45) is 5.92 Å². The van der Waals surface area contributed by atoms with Gasteiger partial charge < -0.3 is 5.32 Å². The fraction of sp³-hybridized carbons (Fsp3) is 0.412. The molecule has 1 spiro atoms. The summed E-state index contributed by atoms with van der Waals surface area (Å²) in [5.41, 5.74) is 3.61. The molecule has 0 unspecified atom stereocenters. The topological polar surface area (TPSA) is 37.8 Å². The Labute approximate surface area is 129 Å². The Kier molecular flexibility index (Phi) is 3.14. The van der Waals surface area contributed by atoms with Gasteiger partial charge in [0.25, 0.3) is 0 Å². The second-order valence-corrected chi connectivity index (χ2v) is 6.88. The van der Waals surface area contributed by atoms with E-state index < -0.39 is 0 Å². The number of fused-ring (bicyclic) bond motifs is 2. The summed E-state index contributed by atoms with van der Waals surface area (Å²) in [5, 5.41) is 12.8. The van der Waals surface area contributed by atoms with Gasteiger partial charge in [0, 0.05) is 12.0 Å². The van der Waals surface area contributed by atoms with Crippen LogP contribution in [0.2, 0.25) is 0 Å². The van der Waals surface area contributed by atoms with E-state index in [4.69, 9.17) is 0 Å². The molecule has 4 heteroatoms. The number of aromatic nitrogens is 2. The fourth-order valence-corrected chi connectivity index (χ4v) is 4.08. The number of anilines is 1. The zero-order valence-electron chi connectivity index (χ0n) is 12.2. The summed E-state index contributed by atoms with van der Waals surface area (Å²) in [6.45, 7) is 1.00. The number of benzene rings is 1. The van der Waals surface area contributed by atoms with Crippen LogP contribution in [-0.2, 0) is 11.8 Å². The number of hydrogen-bond acceptors (Lipinski definition) is 4. The van der Waals surface area contributed by atoms with Crippen LogP contribution >= 0.6 is 11.8 Å². The van der Waals surface area contributed by atoms with Gasteiger partial charge in [-0.15, -0.1) is 22.0 Å². The van der Waals surface area contributed by atoms with Crippen molar-refractivity contribution >= 4 is 17.6 Å². The maximum absolute atomic E-state index is 4.23. The van der Waals surface area contributed by atoms with Crippen LogP contribution in [0.4, 0.5) is 5.82 Å². The van der Waals surface area contributed by atoms with Crippen molar-refractivity contribution in [2.75, 3.05) is 18.1 Å². The minimum absolute atomic E-state index is 0.455. The average molecular weight is 297 g/mol.